The van der Waals surface area contributed by atoms with Gasteiger partial charge in [-0.1, -0.05) is 29.3 Å². The zero-order chi connectivity index (χ0) is 16.3. The summed E-state index contributed by atoms with van der Waals surface area (Å²) in [5.74, 6) is 0.178. The monoisotopic (exact) mass is 342 g/mol. The summed E-state index contributed by atoms with van der Waals surface area (Å²) in [7, 11) is 4.14. The fraction of sp³-hybridized carbons (Fsp3) is 0.588. The van der Waals surface area contributed by atoms with Crippen LogP contribution in [0.3, 0.4) is 0 Å². The van der Waals surface area contributed by atoms with Crippen molar-refractivity contribution in [3.8, 4) is 0 Å². The maximum absolute atomic E-state index is 12.7. The molecule has 0 spiro atoms. The molecule has 1 aromatic rings. The van der Waals surface area contributed by atoms with E-state index in [9.17, 15) is 4.79 Å². The van der Waals surface area contributed by atoms with Gasteiger partial charge in [-0.25, -0.2) is 0 Å². The fourth-order valence-corrected chi connectivity index (χ4v) is 3.36. The molecule has 0 bridgehead atoms. The van der Waals surface area contributed by atoms with Gasteiger partial charge >= 0.3 is 0 Å². The molecular formula is C17H24Cl2N2O. The second kappa shape index (κ2) is 7.67. The molecule has 1 saturated heterocycles. The lowest BCUT2D eigenvalue weighted by molar-refractivity contribution is -0.135. The van der Waals surface area contributed by atoms with Gasteiger partial charge in [0, 0.05) is 18.6 Å². The predicted octanol–water partition coefficient (Wildman–Crippen LogP) is 3.87. The first-order valence-corrected chi connectivity index (χ1v) is 8.55. The van der Waals surface area contributed by atoms with Gasteiger partial charge in [0.2, 0.25) is 5.91 Å². The first-order chi connectivity index (χ1) is 10.4. The van der Waals surface area contributed by atoms with Crippen LogP contribution in [0.15, 0.2) is 18.2 Å². The van der Waals surface area contributed by atoms with E-state index in [0.29, 0.717) is 28.5 Å². The van der Waals surface area contributed by atoms with Crippen molar-refractivity contribution >= 4 is 29.1 Å². The van der Waals surface area contributed by atoms with Crippen LogP contribution in [0.4, 0.5) is 0 Å². The van der Waals surface area contributed by atoms with Gasteiger partial charge < -0.3 is 9.80 Å². The Hall–Kier alpha value is -0.770. The standard InChI is InChI=1S/C17H24Cl2N2O/c1-12(20(2)3)16-6-4-5-9-21(16)17(22)11-13-7-8-14(18)15(19)10-13/h7-8,10,12,16H,4-6,9,11H2,1-3H3. The van der Waals surface area contributed by atoms with E-state index in [1.807, 2.05) is 6.07 Å². The van der Waals surface area contributed by atoms with Crippen molar-refractivity contribution < 1.29 is 4.79 Å². The molecular weight excluding hydrogens is 319 g/mol. The highest BCUT2D eigenvalue weighted by Gasteiger charge is 2.31. The Kier molecular flexibility index (Phi) is 6.13. The van der Waals surface area contributed by atoms with Gasteiger partial charge in [-0.15, -0.1) is 0 Å². The van der Waals surface area contributed by atoms with E-state index in [-0.39, 0.29) is 5.91 Å². The third kappa shape index (κ3) is 4.15. The summed E-state index contributed by atoms with van der Waals surface area (Å²) in [5.41, 5.74) is 0.918. The van der Waals surface area contributed by atoms with E-state index in [0.717, 1.165) is 24.9 Å². The second-order valence-corrected chi connectivity index (χ2v) is 7.09. The number of benzene rings is 1. The highest BCUT2D eigenvalue weighted by atomic mass is 35.5. The minimum Gasteiger partial charge on any atom is -0.338 e. The summed E-state index contributed by atoms with van der Waals surface area (Å²) in [5, 5.41) is 1.03. The molecule has 2 atom stereocenters. The number of nitrogens with zero attached hydrogens (tertiary/aromatic N) is 2. The third-order valence-corrected chi connectivity index (χ3v) is 5.32. The van der Waals surface area contributed by atoms with Crippen LogP contribution < -0.4 is 0 Å². The van der Waals surface area contributed by atoms with Gasteiger partial charge in [0.1, 0.15) is 0 Å². The molecule has 0 N–H and O–H groups in total. The molecule has 1 fully saturated rings. The number of hydrogen-bond acceptors (Lipinski definition) is 2. The van der Waals surface area contributed by atoms with Crippen LogP contribution in [0.1, 0.15) is 31.7 Å². The SMILES string of the molecule is CC(C1CCCCN1C(=O)Cc1ccc(Cl)c(Cl)c1)N(C)C. The first-order valence-electron chi connectivity index (χ1n) is 7.80. The van der Waals surface area contributed by atoms with Crippen molar-refractivity contribution in [1.29, 1.82) is 0 Å². The van der Waals surface area contributed by atoms with Crippen molar-refractivity contribution in [2.45, 2.75) is 44.7 Å². The molecule has 5 heteroatoms. The average molecular weight is 343 g/mol. The highest BCUT2D eigenvalue weighted by Crippen LogP contribution is 2.25. The van der Waals surface area contributed by atoms with E-state index in [1.54, 1.807) is 12.1 Å². The Morgan fingerprint density at radius 3 is 2.68 bits per heavy atom. The van der Waals surface area contributed by atoms with E-state index >= 15 is 0 Å². The molecule has 122 valence electrons. The van der Waals surface area contributed by atoms with Crippen molar-refractivity contribution in [2.24, 2.45) is 0 Å². The molecule has 2 unspecified atom stereocenters. The quantitative estimate of drug-likeness (QED) is 0.829. The number of hydrogen-bond donors (Lipinski definition) is 0. The van der Waals surface area contributed by atoms with Gasteiger partial charge in [0.15, 0.2) is 0 Å². The highest BCUT2D eigenvalue weighted by molar-refractivity contribution is 6.42. The number of likely N-dealkylation sites (N-methyl/N-ethyl adjacent to an activating group) is 1. The molecule has 0 saturated carbocycles. The van der Waals surface area contributed by atoms with E-state index in [1.165, 1.54) is 6.42 Å². The van der Waals surface area contributed by atoms with Gasteiger partial charge in [-0.2, -0.15) is 0 Å². The van der Waals surface area contributed by atoms with Crippen LogP contribution in [-0.4, -0.2) is 48.4 Å². The Balaban J connectivity index is 2.10. The largest absolute Gasteiger partial charge is 0.338 e. The van der Waals surface area contributed by atoms with Gasteiger partial charge in [0.25, 0.3) is 0 Å². The first kappa shape index (κ1) is 17.6. The summed E-state index contributed by atoms with van der Waals surface area (Å²) in [4.78, 5) is 17.0. The molecule has 22 heavy (non-hydrogen) atoms. The van der Waals surface area contributed by atoms with Gasteiger partial charge in [0.05, 0.1) is 16.5 Å². The smallest absolute Gasteiger partial charge is 0.227 e. The van der Waals surface area contributed by atoms with Crippen LogP contribution in [0.25, 0.3) is 0 Å². The van der Waals surface area contributed by atoms with Crippen molar-refractivity contribution in [3.63, 3.8) is 0 Å². The lowest BCUT2D eigenvalue weighted by atomic mass is 9.95. The normalized spacial score (nSPS) is 20.3. The summed E-state index contributed by atoms with van der Waals surface area (Å²) in [6, 6.07) is 6.07. The van der Waals surface area contributed by atoms with Crippen LogP contribution in [0.5, 0.6) is 0 Å². The van der Waals surface area contributed by atoms with Crippen LogP contribution in [0.2, 0.25) is 10.0 Å². The van der Waals surface area contributed by atoms with Crippen molar-refractivity contribution in [3.05, 3.63) is 33.8 Å². The van der Waals surface area contributed by atoms with Gasteiger partial charge in [-0.3, -0.25) is 4.79 Å². The van der Waals surface area contributed by atoms with E-state index in [2.05, 4.69) is 30.8 Å². The van der Waals surface area contributed by atoms with E-state index < -0.39 is 0 Å². The topological polar surface area (TPSA) is 23.6 Å². The summed E-state index contributed by atoms with van der Waals surface area (Å²) < 4.78 is 0. The molecule has 2 rings (SSSR count). The fourth-order valence-electron chi connectivity index (χ4n) is 3.04. The maximum Gasteiger partial charge on any atom is 0.227 e. The summed E-state index contributed by atoms with van der Waals surface area (Å²) in [6.45, 7) is 3.04. The lowest BCUT2D eigenvalue weighted by Crippen LogP contribution is -2.53. The Morgan fingerprint density at radius 1 is 1.32 bits per heavy atom. The average Bonchev–Trinajstić information content (AvgIpc) is 2.50. The minimum absolute atomic E-state index is 0.178. The number of amides is 1. The Bertz CT molecular complexity index is 533. The van der Waals surface area contributed by atoms with E-state index in [4.69, 9.17) is 23.2 Å². The van der Waals surface area contributed by atoms with Crippen LogP contribution >= 0.6 is 23.2 Å². The minimum atomic E-state index is 0.178. The molecule has 1 amide bonds. The molecule has 1 aromatic carbocycles. The zero-order valence-corrected chi connectivity index (χ0v) is 15.0. The molecule has 1 heterocycles. The number of halogens is 2. The molecule has 3 nitrogen and oxygen atoms in total. The number of piperidine rings is 1. The van der Waals surface area contributed by atoms with Crippen LogP contribution in [0, 0.1) is 0 Å². The summed E-state index contributed by atoms with van der Waals surface area (Å²) in [6.07, 6.45) is 3.74. The number of likely N-dealkylation sites (tertiary alicyclic amines) is 1. The Morgan fingerprint density at radius 2 is 2.05 bits per heavy atom. The maximum atomic E-state index is 12.7. The van der Waals surface area contributed by atoms with Gasteiger partial charge in [-0.05, 0) is 58.0 Å². The molecule has 0 aliphatic carbocycles. The molecule has 1 aliphatic rings. The predicted molar refractivity (Wildman–Crippen MR) is 92.7 cm³/mol. The second-order valence-electron chi connectivity index (χ2n) is 6.28. The number of rotatable bonds is 4. The molecule has 0 radical (unpaired) electrons. The number of carbonyl (C=O) groups is 1. The molecule has 1 aliphatic heterocycles. The zero-order valence-electron chi connectivity index (χ0n) is 13.5. The van der Waals surface area contributed by atoms with Crippen molar-refractivity contribution in [1.82, 2.24) is 9.80 Å². The third-order valence-electron chi connectivity index (χ3n) is 4.58. The number of carbonyl (C=O) groups excluding carboxylic acids is 1. The van der Waals surface area contributed by atoms with Crippen molar-refractivity contribution in [2.75, 3.05) is 20.6 Å². The molecule has 0 aromatic heterocycles. The summed E-state index contributed by atoms with van der Waals surface area (Å²) >= 11 is 12.0. The lowest BCUT2D eigenvalue weighted by Gasteiger charge is -2.41. The Labute approximate surface area is 143 Å². The van der Waals surface area contributed by atoms with Crippen LogP contribution in [-0.2, 0) is 11.2 Å².